The maximum absolute atomic E-state index is 11.2. The Bertz CT molecular complexity index is 417. The zero-order valence-corrected chi connectivity index (χ0v) is 10.7. The van der Waals surface area contributed by atoms with Crippen LogP contribution in [0.25, 0.3) is 0 Å². The summed E-state index contributed by atoms with van der Waals surface area (Å²) >= 11 is 0. The smallest absolute Gasteiger partial charge is 0.210 e. The molecule has 0 saturated heterocycles. The number of rotatable bonds is 5. The van der Waals surface area contributed by atoms with E-state index in [0.29, 0.717) is 0 Å². The number of benzene rings is 1. The predicted octanol–water partition coefficient (Wildman–Crippen LogP) is 1.41. The van der Waals surface area contributed by atoms with Gasteiger partial charge in [-0.3, -0.25) is 0 Å². The Labute approximate surface area is 97.3 Å². The molecule has 0 fully saturated rings. The number of nitrogens with zero attached hydrogens (tertiary/aromatic N) is 1. The van der Waals surface area contributed by atoms with Gasteiger partial charge in [-0.05, 0) is 26.0 Å². The summed E-state index contributed by atoms with van der Waals surface area (Å²) in [5, 5.41) is 0. The van der Waals surface area contributed by atoms with Crippen LogP contribution in [0.2, 0.25) is 0 Å². The van der Waals surface area contributed by atoms with E-state index in [4.69, 9.17) is 0 Å². The second-order valence-electron chi connectivity index (χ2n) is 3.69. The highest BCUT2D eigenvalue weighted by molar-refractivity contribution is 7.88. The minimum atomic E-state index is -3.18. The molecule has 5 heteroatoms. The van der Waals surface area contributed by atoms with Gasteiger partial charge in [0.15, 0.2) is 0 Å². The van der Waals surface area contributed by atoms with Crippen molar-refractivity contribution < 1.29 is 8.42 Å². The Morgan fingerprint density at radius 2 is 1.88 bits per heavy atom. The third-order valence-electron chi connectivity index (χ3n) is 2.28. The van der Waals surface area contributed by atoms with Crippen molar-refractivity contribution in [1.82, 2.24) is 4.72 Å². The van der Waals surface area contributed by atoms with E-state index in [-0.39, 0.29) is 6.17 Å². The summed E-state index contributed by atoms with van der Waals surface area (Å²) in [4.78, 5) is 1.99. The van der Waals surface area contributed by atoms with Crippen molar-refractivity contribution in [2.75, 3.05) is 17.7 Å². The van der Waals surface area contributed by atoms with Crippen LogP contribution in [0.15, 0.2) is 30.3 Å². The quantitative estimate of drug-likeness (QED) is 0.794. The van der Waals surface area contributed by atoms with Gasteiger partial charge in [0.05, 0.1) is 12.4 Å². The number of anilines is 1. The Balaban J connectivity index is 2.83. The summed E-state index contributed by atoms with van der Waals surface area (Å²) < 4.78 is 24.9. The van der Waals surface area contributed by atoms with Gasteiger partial charge >= 0.3 is 0 Å². The van der Waals surface area contributed by atoms with E-state index in [1.54, 1.807) is 0 Å². The van der Waals surface area contributed by atoms with Gasteiger partial charge in [-0.2, -0.15) is 4.72 Å². The van der Waals surface area contributed by atoms with E-state index < -0.39 is 10.0 Å². The molecule has 1 aromatic carbocycles. The summed E-state index contributed by atoms with van der Waals surface area (Å²) in [7, 11) is -3.18. The summed E-state index contributed by atoms with van der Waals surface area (Å²) in [6.07, 6.45) is 0.921. The summed E-state index contributed by atoms with van der Waals surface area (Å²) in [5.74, 6) is 0. The van der Waals surface area contributed by atoms with Crippen LogP contribution in [-0.4, -0.2) is 27.4 Å². The van der Waals surface area contributed by atoms with Crippen LogP contribution in [0.1, 0.15) is 13.8 Å². The normalized spacial score (nSPS) is 13.4. The summed E-state index contributed by atoms with van der Waals surface area (Å²) in [5.41, 5.74) is 1.01. The van der Waals surface area contributed by atoms with Gasteiger partial charge in [-0.25, -0.2) is 8.42 Å². The monoisotopic (exact) mass is 242 g/mol. The van der Waals surface area contributed by atoms with E-state index >= 15 is 0 Å². The van der Waals surface area contributed by atoms with Gasteiger partial charge in [0.25, 0.3) is 0 Å². The molecule has 1 rings (SSSR count). The average Bonchev–Trinajstić information content (AvgIpc) is 2.17. The molecule has 0 spiro atoms. The first kappa shape index (κ1) is 13.0. The second kappa shape index (κ2) is 5.32. The Morgan fingerprint density at radius 3 is 2.31 bits per heavy atom. The van der Waals surface area contributed by atoms with Gasteiger partial charge < -0.3 is 4.90 Å². The van der Waals surface area contributed by atoms with Gasteiger partial charge in [0.2, 0.25) is 10.0 Å². The molecular formula is C11H18N2O2S. The number of hydrogen-bond acceptors (Lipinski definition) is 3. The van der Waals surface area contributed by atoms with Crippen molar-refractivity contribution in [3.05, 3.63) is 30.3 Å². The highest BCUT2D eigenvalue weighted by Gasteiger charge is 2.15. The third kappa shape index (κ3) is 3.83. The largest absolute Gasteiger partial charge is 0.356 e. The molecule has 4 nitrogen and oxygen atoms in total. The fraction of sp³-hybridized carbons (Fsp3) is 0.455. The number of para-hydroxylation sites is 1. The molecule has 0 bridgehead atoms. The number of nitrogens with one attached hydrogen (secondary N) is 1. The van der Waals surface area contributed by atoms with Crippen molar-refractivity contribution in [3.63, 3.8) is 0 Å². The molecule has 0 aliphatic rings. The highest BCUT2D eigenvalue weighted by Crippen LogP contribution is 2.14. The molecule has 1 N–H and O–H groups in total. The summed E-state index contributed by atoms with van der Waals surface area (Å²) in [6.45, 7) is 4.57. The molecule has 0 aliphatic carbocycles. The van der Waals surface area contributed by atoms with Crippen LogP contribution in [0.3, 0.4) is 0 Å². The maximum Gasteiger partial charge on any atom is 0.210 e. The van der Waals surface area contributed by atoms with Crippen molar-refractivity contribution in [1.29, 1.82) is 0 Å². The first-order chi connectivity index (χ1) is 7.44. The van der Waals surface area contributed by atoms with Crippen LogP contribution < -0.4 is 9.62 Å². The van der Waals surface area contributed by atoms with Gasteiger partial charge in [-0.15, -0.1) is 0 Å². The predicted molar refractivity (Wildman–Crippen MR) is 66.9 cm³/mol. The van der Waals surface area contributed by atoms with Crippen LogP contribution in [0.4, 0.5) is 5.69 Å². The van der Waals surface area contributed by atoms with Gasteiger partial charge in [0, 0.05) is 12.2 Å². The first-order valence-electron chi connectivity index (χ1n) is 5.23. The van der Waals surface area contributed by atoms with Crippen LogP contribution in [-0.2, 0) is 10.0 Å². The lowest BCUT2D eigenvalue weighted by molar-refractivity contribution is 0.555. The maximum atomic E-state index is 11.2. The average molecular weight is 242 g/mol. The van der Waals surface area contributed by atoms with E-state index in [2.05, 4.69) is 4.72 Å². The lowest BCUT2D eigenvalue weighted by atomic mass is 10.3. The van der Waals surface area contributed by atoms with Crippen molar-refractivity contribution in [2.24, 2.45) is 0 Å². The highest BCUT2D eigenvalue weighted by atomic mass is 32.2. The van der Waals surface area contributed by atoms with Crippen LogP contribution >= 0.6 is 0 Å². The number of hydrogen-bond donors (Lipinski definition) is 1. The molecule has 90 valence electrons. The van der Waals surface area contributed by atoms with E-state index in [9.17, 15) is 8.42 Å². The standard InChI is InChI=1S/C11H18N2O2S/c1-4-13(10(2)12-16(3,14)15)11-8-6-5-7-9-11/h5-10,12H,4H2,1-3H3. The van der Waals surface area contributed by atoms with E-state index in [1.165, 1.54) is 6.26 Å². The zero-order valence-electron chi connectivity index (χ0n) is 9.84. The van der Waals surface area contributed by atoms with Crippen molar-refractivity contribution in [2.45, 2.75) is 20.0 Å². The molecule has 0 aliphatic heterocycles. The van der Waals surface area contributed by atoms with Crippen molar-refractivity contribution >= 4 is 15.7 Å². The van der Waals surface area contributed by atoms with Crippen molar-refractivity contribution in [3.8, 4) is 0 Å². The summed E-state index contributed by atoms with van der Waals surface area (Å²) in [6, 6.07) is 9.73. The Kier molecular flexibility index (Phi) is 4.32. The van der Waals surface area contributed by atoms with Crippen LogP contribution in [0, 0.1) is 0 Å². The molecular weight excluding hydrogens is 224 g/mol. The third-order valence-corrected chi connectivity index (χ3v) is 3.05. The zero-order chi connectivity index (χ0) is 12.2. The Morgan fingerprint density at radius 1 is 1.31 bits per heavy atom. The van der Waals surface area contributed by atoms with Gasteiger partial charge in [-0.1, -0.05) is 18.2 Å². The molecule has 0 aromatic heterocycles. The SMILES string of the molecule is CCN(c1ccccc1)C(C)NS(C)(=O)=O. The van der Waals surface area contributed by atoms with Gasteiger partial charge in [0.1, 0.15) is 0 Å². The second-order valence-corrected chi connectivity index (χ2v) is 5.47. The van der Waals surface area contributed by atoms with E-state index in [1.807, 2.05) is 49.1 Å². The molecule has 1 aromatic rings. The topological polar surface area (TPSA) is 49.4 Å². The minimum Gasteiger partial charge on any atom is -0.356 e. The lowest BCUT2D eigenvalue weighted by Crippen LogP contribution is -2.45. The molecule has 0 heterocycles. The lowest BCUT2D eigenvalue weighted by Gasteiger charge is -2.30. The molecule has 0 radical (unpaired) electrons. The molecule has 1 unspecified atom stereocenters. The fourth-order valence-electron chi connectivity index (χ4n) is 1.67. The van der Waals surface area contributed by atoms with Crippen LogP contribution in [0.5, 0.6) is 0 Å². The number of sulfonamides is 1. The Hall–Kier alpha value is -1.07. The molecule has 0 amide bonds. The first-order valence-corrected chi connectivity index (χ1v) is 7.12. The minimum absolute atomic E-state index is 0.248. The van der Waals surface area contributed by atoms with E-state index in [0.717, 1.165) is 12.2 Å². The fourth-order valence-corrected chi connectivity index (χ4v) is 2.42. The molecule has 0 saturated carbocycles. The molecule has 1 atom stereocenters. The molecule has 16 heavy (non-hydrogen) atoms.